The van der Waals surface area contributed by atoms with Crippen molar-refractivity contribution in [3.63, 3.8) is 0 Å². The highest BCUT2D eigenvalue weighted by molar-refractivity contribution is 5.55. The van der Waals surface area contributed by atoms with Gasteiger partial charge in [0.1, 0.15) is 5.75 Å². The zero-order valence-corrected chi connectivity index (χ0v) is 20.9. The summed E-state index contributed by atoms with van der Waals surface area (Å²) in [5.41, 5.74) is 12.4. The zero-order valence-electron chi connectivity index (χ0n) is 20.9. The number of hydrogen-bond acceptors (Lipinski definition) is 5. The van der Waals surface area contributed by atoms with Crippen LogP contribution < -0.4 is 21.0 Å². The van der Waals surface area contributed by atoms with E-state index in [9.17, 15) is 4.79 Å². The molecule has 2 rings (SSSR count). The number of hydrazine groups is 1. The molecule has 0 heterocycles. The van der Waals surface area contributed by atoms with E-state index in [0.29, 0.717) is 19.6 Å². The van der Waals surface area contributed by atoms with E-state index >= 15 is 0 Å². The summed E-state index contributed by atoms with van der Waals surface area (Å²) >= 11 is 0. The van der Waals surface area contributed by atoms with E-state index in [0.717, 1.165) is 36.4 Å². The second kappa shape index (κ2) is 12.2. The van der Waals surface area contributed by atoms with Crippen LogP contribution in [0.3, 0.4) is 0 Å². The maximum absolute atomic E-state index is 10.3. The molecule has 0 aliphatic carbocycles. The van der Waals surface area contributed by atoms with Crippen LogP contribution in [0.4, 0.5) is 11.4 Å². The van der Waals surface area contributed by atoms with Gasteiger partial charge >= 0.3 is 0 Å². The van der Waals surface area contributed by atoms with Crippen molar-refractivity contribution in [1.82, 2.24) is 10.9 Å². The molecule has 1 amide bonds. The number of carbonyl (C=O) groups is 1. The van der Waals surface area contributed by atoms with E-state index in [1.54, 1.807) is 12.1 Å². The lowest BCUT2D eigenvalue weighted by Crippen LogP contribution is -2.21. The molecule has 180 valence electrons. The summed E-state index contributed by atoms with van der Waals surface area (Å²) in [6.07, 6.45) is 3.53. The fourth-order valence-corrected chi connectivity index (χ4v) is 3.20. The minimum Gasteiger partial charge on any atom is -0.493 e. The third-order valence-electron chi connectivity index (χ3n) is 6.33. The highest BCUT2D eigenvalue weighted by Gasteiger charge is 2.26. The van der Waals surface area contributed by atoms with Crippen LogP contribution in [0.1, 0.15) is 71.9 Å². The Morgan fingerprint density at radius 3 is 2.30 bits per heavy atom. The van der Waals surface area contributed by atoms with Gasteiger partial charge in [0.15, 0.2) is 0 Å². The molecule has 2 aromatic carbocycles. The summed E-state index contributed by atoms with van der Waals surface area (Å²) in [6.45, 7) is 14.9. The van der Waals surface area contributed by atoms with Crippen molar-refractivity contribution >= 4 is 17.8 Å². The normalized spacial score (nSPS) is 11.9. The first-order chi connectivity index (χ1) is 15.7. The van der Waals surface area contributed by atoms with Crippen molar-refractivity contribution in [3.05, 3.63) is 53.6 Å². The first kappa shape index (κ1) is 26.2. The maximum Gasteiger partial charge on any atom is 0.225 e. The smallest absolute Gasteiger partial charge is 0.225 e. The van der Waals surface area contributed by atoms with Gasteiger partial charge in [-0.25, -0.2) is 0 Å². The number of hydrogen-bond donors (Lipinski definition) is 3. The number of ether oxygens (including phenoxy) is 1. The third-order valence-corrected chi connectivity index (χ3v) is 6.33. The van der Waals surface area contributed by atoms with Crippen LogP contribution in [0, 0.1) is 0 Å². The molecule has 0 aliphatic heterocycles. The molecule has 0 atom stereocenters. The van der Waals surface area contributed by atoms with Gasteiger partial charge in [0.25, 0.3) is 0 Å². The van der Waals surface area contributed by atoms with Gasteiger partial charge in [0.05, 0.1) is 18.0 Å². The van der Waals surface area contributed by atoms with Gasteiger partial charge < -0.3 is 4.74 Å². The highest BCUT2D eigenvalue weighted by Crippen LogP contribution is 2.38. The van der Waals surface area contributed by atoms with Gasteiger partial charge in [-0.3, -0.25) is 21.1 Å². The Balaban J connectivity index is 1.87. The summed E-state index contributed by atoms with van der Waals surface area (Å²) in [4.78, 5) is 10.3. The molecular weight excluding hydrogens is 414 g/mol. The SMILES string of the molecule is CCC(C)(C)c1ccc(OCCCN/N=N/c2ccc(NNC=O)cc2)c(C(C)(C)CC)c1. The molecule has 0 spiro atoms. The molecule has 0 radical (unpaired) electrons. The lowest BCUT2D eigenvalue weighted by atomic mass is 9.76. The van der Waals surface area contributed by atoms with Crippen LogP contribution in [0.25, 0.3) is 0 Å². The Morgan fingerprint density at radius 2 is 1.67 bits per heavy atom. The second-order valence-corrected chi connectivity index (χ2v) is 9.43. The molecule has 0 unspecified atom stereocenters. The van der Waals surface area contributed by atoms with Crippen LogP contribution in [0.2, 0.25) is 0 Å². The Kier molecular flexibility index (Phi) is 9.70. The first-order valence-electron chi connectivity index (χ1n) is 11.7. The van der Waals surface area contributed by atoms with Gasteiger partial charge in [-0.05, 0) is 59.6 Å². The number of anilines is 1. The van der Waals surface area contributed by atoms with Crippen LogP contribution >= 0.6 is 0 Å². The molecule has 0 saturated carbocycles. The predicted octanol–water partition coefficient (Wildman–Crippen LogP) is 6.19. The van der Waals surface area contributed by atoms with Crippen molar-refractivity contribution in [2.24, 2.45) is 10.3 Å². The summed E-state index contributed by atoms with van der Waals surface area (Å²) in [6, 6.07) is 13.9. The average Bonchev–Trinajstić information content (AvgIpc) is 2.82. The Morgan fingerprint density at radius 1 is 0.970 bits per heavy atom. The molecule has 7 heteroatoms. The van der Waals surface area contributed by atoms with Gasteiger partial charge in [0.2, 0.25) is 6.41 Å². The topological polar surface area (TPSA) is 87.1 Å². The fourth-order valence-electron chi connectivity index (χ4n) is 3.20. The quantitative estimate of drug-likeness (QED) is 0.138. The van der Waals surface area contributed by atoms with Gasteiger partial charge in [-0.1, -0.05) is 58.9 Å². The molecular formula is C26H39N5O2. The minimum atomic E-state index is 0.0516. The molecule has 3 N–H and O–H groups in total. The fraction of sp³-hybridized carbons (Fsp3) is 0.500. The van der Waals surface area contributed by atoms with Gasteiger partial charge in [-0.15, -0.1) is 5.11 Å². The number of carbonyl (C=O) groups excluding carboxylic acids is 1. The van der Waals surface area contributed by atoms with Gasteiger partial charge in [0, 0.05) is 18.5 Å². The molecule has 0 aromatic heterocycles. The third kappa shape index (κ3) is 7.77. The van der Waals surface area contributed by atoms with E-state index in [4.69, 9.17) is 4.74 Å². The van der Waals surface area contributed by atoms with Crippen molar-refractivity contribution in [2.45, 2.75) is 71.6 Å². The number of amides is 1. The van der Waals surface area contributed by atoms with E-state index < -0.39 is 0 Å². The monoisotopic (exact) mass is 453 g/mol. The molecule has 0 fully saturated rings. The van der Waals surface area contributed by atoms with E-state index in [2.05, 4.69) is 86.4 Å². The van der Waals surface area contributed by atoms with E-state index in [-0.39, 0.29) is 10.8 Å². The average molecular weight is 454 g/mol. The lowest BCUT2D eigenvalue weighted by Gasteiger charge is -2.30. The Hall–Kier alpha value is -3.09. The van der Waals surface area contributed by atoms with Crippen molar-refractivity contribution in [1.29, 1.82) is 0 Å². The lowest BCUT2D eigenvalue weighted by molar-refractivity contribution is -0.109. The molecule has 0 saturated heterocycles. The maximum atomic E-state index is 10.3. The van der Waals surface area contributed by atoms with Crippen molar-refractivity contribution in [3.8, 4) is 5.75 Å². The van der Waals surface area contributed by atoms with Crippen LogP contribution in [-0.2, 0) is 15.6 Å². The Labute approximate surface area is 198 Å². The molecule has 7 nitrogen and oxygen atoms in total. The second-order valence-electron chi connectivity index (χ2n) is 9.43. The van der Waals surface area contributed by atoms with Crippen molar-refractivity contribution < 1.29 is 9.53 Å². The molecule has 0 bridgehead atoms. The summed E-state index contributed by atoms with van der Waals surface area (Å²) < 4.78 is 6.19. The highest BCUT2D eigenvalue weighted by atomic mass is 16.5. The minimum absolute atomic E-state index is 0.0516. The summed E-state index contributed by atoms with van der Waals surface area (Å²) in [5.74, 6) is 0.969. The van der Waals surface area contributed by atoms with Crippen LogP contribution in [0.15, 0.2) is 52.8 Å². The molecule has 2 aromatic rings. The predicted molar refractivity (Wildman–Crippen MR) is 135 cm³/mol. The number of nitrogens with one attached hydrogen (secondary N) is 3. The first-order valence-corrected chi connectivity index (χ1v) is 11.7. The van der Waals surface area contributed by atoms with Crippen LogP contribution in [0.5, 0.6) is 5.75 Å². The van der Waals surface area contributed by atoms with E-state index in [1.165, 1.54) is 11.1 Å². The molecule has 33 heavy (non-hydrogen) atoms. The van der Waals surface area contributed by atoms with Crippen LogP contribution in [-0.4, -0.2) is 19.6 Å². The summed E-state index contributed by atoms with van der Waals surface area (Å²) in [7, 11) is 0. The summed E-state index contributed by atoms with van der Waals surface area (Å²) in [5, 5.41) is 8.16. The molecule has 0 aliphatic rings. The zero-order chi connectivity index (χ0) is 24.3. The number of nitrogens with zero attached hydrogens (tertiary/aromatic N) is 2. The Bertz CT molecular complexity index is 907. The number of rotatable bonds is 14. The largest absolute Gasteiger partial charge is 0.493 e. The van der Waals surface area contributed by atoms with E-state index in [1.807, 2.05) is 12.1 Å². The van der Waals surface area contributed by atoms with Gasteiger partial charge in [-0.2, -0.15) is 0 Å². The van der Waals surface area contributed by atoms with Crippen molar-refractivity contribution in [2.75, 3.05) is 18.6 Å². The standard InChI is InChI=1S/C26H39N5O2/c1-7-25(3,4)20-10-15-24(23(18-20)26(5,6)8-2)33-17-9-16-27-31-30-22-13-11-21(12-14-22)29-28-19-32/h10-15,18-19,29H,7-9,16-17H2,1-6H3,(H,27,30)(H,28,32). The number of benzene rings is 2.